The number of carbonyl (C=O) groups excluding carboxylic acids is 2. The first kappa shape index (κ1) is 17.9. The fraction of sp³-hybridized carbons (Fsp3) is 0.176. The van der Waals surface area contributed by atoms with E-state index in [2.05, 4.69) is 5.32 Å². The Balaban J connectivity index is 1.98. The zero-order chi connectivity index (χ0) is 17.7. The van der Waals surface area contributed by atoms with Gasteiger partial charge in [-0.15, -0.1) is 0 Å². The van der Waals surface area contributed by atoms with Gasteiger partial charge in [0.05, 0.1) is 22.9 Å². The molecule has 0 aliphatic rings. The number of aliphatic hydroxyl groups excluding tert-OH is 1. The van der Waals surface area contributed by atoms with Crippen LogP contribution in [-0.2, 0) is 16.1 Å². The van der Waals surface area contributed by atoms with Crippen LogP contribution in [0.4, 0.5) is 10.1 Å². The van der Waals surface area contributed by atoms with Gasteiger partial charge in [0.1, 0.15) is 5.82 Å². The summed E-state index contributed by atoms with van der Waals surface area (Å²) >= 11 is 5.83. The fourth-order valence-corrected chi connectivity index (χ4v) is 2.07. The van der Waals surface area contributed by atoms with Crippen LogP contribution in [0.2, 0.25) is 5.02 Å². The number of amides is 1. The van der Waals surface area contributed by atoms with Gasteiger partial charge in [-0.05, 0) is 42.8 Å². The third-order valence-electron chi connectivity index (χ3n) is 3.21. The SMILES string of the molecule is CC(OC(=O)c1ccc(CO)cc1)C(=O)Nc1ccc(F)cc1Cl. The Kier molecular flexibility index (Phi) is 5.89. The second kappa shape index (κ2) is 7.90. The molecule has 1 atom stereocenters. The predicted octanol–water partition coefficient (Wildman–Crippen LogP) is 3.16. The van der Waals surface area contributed by atoms with Gasteiger partial charge in [-0.3, -0.25) is 4.79 Å². The number of nitrogens with one attached hydrogen (secondary N) is 1. The molecule has 0 aromatic heterocycles. The van der Waals surface area contributed by atoms with Crippen molar-refractivity contribution in [1.29, 1.82) is 0 Å². The molecule has 0 fully saturated rings. The van der Waals surface area contributed by atoms with Gasteiger partial charge in [-0.2, -0.15) is 0 Å². The van der Waals surface area contributed by atoms with E-state index in [9.17, 15) is 14.0 Å². The third kappa shape index (κ3) is 4.53. The topological polar surface area (TPSA) is 75.6 Å². The minimum Gasteiger partial charge on any atom is -0.449 e. The largest absolute Gasteiger partial charge is 0.449 e. The van der Waals surface area contributed by atoms with Crippen LogP contribution < -0.4 is 5.32 Å². The summed E-state index contributed by atoms with van der Waals surface area (Å²) in [7, 11) is 0. The van der Waals surface area contributed by atoms with E-state index in [4.69, 9.17) is 21.4 Å². The quantitative estimate of drug-likeness (QED) is 0.811. The van der Waals surface area contributed by atoms with Gasteiger partial charge in [0.2, 0.25) is 0 Å². The number of hydrogen-bond donors (Lipinski definition) is 2. The summed E-state index contributed by atoms with van der Waals surface area (Å²) < 4.78 is 18.1. The van der Waals surface area contributed by atoms with Crippen molar-refractivity contribution in [3.8, 4) is 0 Å². The molecule has 1 amide bonds. The van der Waals surface area contributed by atoms with E-state index in [0.717, 1.165) is 12.1 Å². The van der Waals surface area contributed by atoms with Gasteiger partial charge in [0.25, 0.3) is 5.91 Å². The Morgan fingerprint density at radius 1 is 1.25 bits per heavy atom. The number of halogens is 2. The lowest BCUT2D eigenvalue weighted by atomic mass is 10.1. The average Bonchev–Trinajstić information content (AvgIpc) is 2.57. The van der Waals surface area contributed by atoms with Crippen molar-refractivity contribution in [1.82, 2.24) is 0 Å². The number of aliphatic hydroxyl groups is 1. The van der Waals surface area contributed by atoms with E-state index >= 15 is 0 Å². The maximum atomic E-state index is 13.0. The highest BCUT2D eigenvalue weighted by atomic mass is 35.5. The molecule has 0 bridgehead atoms. The van der Waals surface area contributed by atoms with Crippen LogP contribution in [0.3, 0.4) is 0 Å². The Morgan fingerprint density at radius 3 is 2.50 bits per heavy atom. The van der Waals surface area contributed by atoms with E-state index in [-0.39, 0.29) is 22.9 Å². The summed E-state index contributed by atoms with van der Waals surface area (Å²) in [5.74, 6) is -1.79. The number of anilines is 1. The van der Waals surface area contributed by atoms with Gasteiger partial charge < -0.3 is 15.2 Å². The predicted molar refractivity (Wildman–Crippen MR) is 87.3 cm³/mol. The van der Waals surface area contributed by atoms with Crippen molar-refractivity contribution >= 4 is 29.2 Å². The summed E-state index contributed by atoms with van der Waals surface area (Å²) in [5, 5.41) is 11.5. The Labute approximate surface area is 143 Å². The summed E-state index contributed by atoms with van der Waals surface area (Å²) in [5.41, 5.74) is 1.13. The molecule has 0 heterocycles. The first-order chi connectivity index (χ1) is 11.4. The highest BCUT2D eigenvalue weighted by Crippen LogP contribution is 2.22. The normalized spacial score (nSPS) is 11.7. The molecule has 0 spiro atoms. The molecule has 2 N–H and O–H groups in total. The van der Waals surface area contributed by atoms with Crippen molar-refractivity contribution in [2.24, 2.45) is 0 Å². The van der Waals surface area contributed by atoms with Crippen LogP contribution in [0.1, 0.15) is 22.8 Å². The van der Waals surface area contributed by atoms with Crippen molar-refractivity contribution in [2.75, 3.05) is 5.32 Å². The first-order valence-electron chi connectivity index (χ1n) is 7.07. The van der Waals surface area contributed by atoms with Crippen molar-refractivity contribution in [3.63, 3.8) is 0 Å². The molecule has 0 aliphatic heterocycles. The van der Waals surface area contributed by atoms with Crippen LogP contribution in [0.15, 0.2) is 42.5 Å². The second-order valence-corrected chi connectivity index (χ2v) is 5.42. The number of benzene rings is 2. The minimum atomic E-state index is -1.07. The first-order valence-corrected chi connectivity index (χ1v) is 7.45. The zero-order valence-corrected chi connectivity index (χ0v) is 13.5. The van der Waals surface area contributed by atoms with Gasteiger partial charge in [-0.25, -0.2) is 9.18 Å². The lowest BCUT2D eigenvalue weighted by molar-refractivity contribution is -0.123. The number of carbonyl (C=O) groups is 2. The molecule has 24 heavy (non-hydrogen) atoms. The molecule has 126 valence electrons. The molecule has 5 nitrogen and oxygen atoms in total. The molecule has 0 saturated heterocycles. The van der Waals surface area contributed by atoms with Gasteiger partial charge in [0, 0.05) is 0 Å². The molecule has 1 unspecified atom stereocenters. The van der Waals surface area contributed by atoms with E-state index < -0.39 is 23.8 Å². The maximum Gasteiger partial charge on any atom is 0.338 e. The minimum absolute atomic E-state index is 0.0430. The Bertz CT molecular complexity index is 749. The summed E-state index contributed by atoms with van der Waals surface area (Å²) in [6, 6.07) is 9.69. The van der Waals surface area contributed by atoms with Crippen LogP contribution in [-0.4, -0.2) is 23.1 Å². The van der Waals surface area contributed by atoms with Gasteiger partial charge in [-0.1, -0.05) is 23.7 Å². The maximum absolute atomic E-state index is 13.0. The van der Waals surface area contributed by atoms with E-state index in [1.807, 2.05) is 0 Å². The third-order valence-corrected chi connectivity index (χ3v) is 3.53. The fourth-order valence-electron chi connectivity index (χ4n) is 1.85. The van der Waals surface area contributed by atoms with Crippen LogP contribution in [0, 0.1) is 5.82 Å². The Hall–Kier alpha value is -2.44. The summed E-state index contributed by atoms with van der Waals surface area (Å²) in [6.07, 6.45) is -1.07. The molecular formula is C17H15ClFNO4. The molecule has 2 rings (SSSR count). The zero-order valence-electron chi connectivity index (χ0n) is 12.8. The number of hydrogen-bond acceptors (Lipinski definition) is 4. The summed E-state index contributed by atoms with van der Waals surface area (Å²) in [6.45, 7) is 1.28. The highest BCUT2D eigenvalue weighted by Gasteiger charge is 2.20. The van der Waals surface area contributed by atoms with Crippen LogP contribution in [0.25, 0.3) is 0 Å². The smallest absolute Gasteiger partial charge is 0.338 e. The number of ether oxygens (including phenoxy) is 1. The molecule has 0 saturated carbocycles. The standard InChI is InChI=1S/C17H15ClFNO4/c1-10(16(22)20-15-7-6-13(19)8-14(15)18)24-17(23)12-4-2-11(9-21)3-5-12/h2-8,10,21H,9H2,1H3,(H,20,22). The number of esters is 1. The monoisotopic (exact) mass is 351 g/mol. The van der Waals surface area contributed by atoms with E-state index in [1.54, 1.807) is 12.1 Å². The molecule has 0 radical (unpaired) electrons. The van der Waals surface area contributed by atoms with Crippen molar-refractivity contribution < 1.29 is 23.8 Å². The Morgan fingerprint density at radius 2 is 1.92 bits per heavy atom. The molecule has 0 aliphatic carbocycles. The lowest BCUT2D eigenvalue weighted by Crippen LogP contribution is -2.30. The molecular weight excluding hydrogens is 337 g/mol. The van der Waals surface area contributed by atoms with Crippen molar-refractivity contribution in [2.45, 2.75) is 19.6 Å². The molecule has 2 aromatic carbocycles. The molecule has 2 aromatic rings. The second-order valence-electron chi connectivity index (χ2n) is 5.02. The van der Waals surface area contributed by atoms with E-state index in [0.29, 0.717) is 5.56 Å². The van der Waals surface area contributed by atoms with Crippen LogP contribution in [0.5, 0.6) is 0 Å². The molecule has 7 heteroatoms. The van der Waals surface area contributed by atoms with Gasteiger partial charge in [0.15, 0.2) is 6.10 Å². The summed E-state index contributed by atoms with van der Waals surface area (Å²) in [4.78, 5) is 24.0. The average molecular weight is 352 g/mol. The van der Waals surface area contributed by atoms with Gasteiger partial charge >= 0.3 is 5.97 Å². The van der Waals surface area contributed by atoms with Crippen molar-refractivity contribution in [3.05, 3.63) is 64.4 Å². The van der Waals surface area contributed by atoms with E-state index in [1.165, 1.54) is 25.1 Å². The lowest BCUT2D eigenvalue weighted by Gasteiger charge is -2.14. The van der Waals surface area contributed by atoms with Crippen LogP contribution >= 0.6 is 11.6 Å². The highest BCUT2D eigenvalue weighted by molar-refractivity contribution is 6.33. The number of rotatable bonds is 5.